The number of carbonyl (C=O) groups is 1. The van der Waals surface area contributed by atoms with Crippen LogP contribution >= 0.6 is 0 Å². The summed E-state index contributed by atoms with van der Waals surface area (Å²) >= 11 is -1.36. The molecule has 0 radical (unpaired) electrons. The molecule has 1 unspecified atom stereocenters. The van der Waals surface area contributed by atoms with Crippen LogP contribution in [0.5, 0.6) is 0 Å². The van der Waals surface area contributed by atoms with E-state index in [0.717, 1.165) is 18.2 Å². The number of guanidine groups is 1. The maximum atomic E-state index is 13.8. The molecule has 47 heavy (non-hydrogen) atoms. The van der Waals surface area contributed by atoms with E-state index >= 15 is 0 Å². The van der Waals surface area contributed by atoms with Crippen molar-refractivity contribution in [3.8, 4) is 0 Å². The molecule has 2 aliphatic heterocycles. The number of nitrogens with zero attached hydrogens (tertiary/aromatic N) is 4. The summed E-state index contributed by atoms with van der Waals surface area (Å²) in [5, 5.41) is 9.51. The van der Waals surface area contributed by atoms with Gasteiger partial charge in [-0.05, 0) is 67.3 Å². The second kappa shape index (κ2) is 13.9. The van der Waals surface area contributed by atoms with Crippen LogP contribution in [0.1, 0.15) is 60.5 Å². The summed E-state index contributed by atoms with van der Waals surface area (Å²) in [6, 6.07) is 2.39. The van der Waals surface area contributed by atoms with E-state index < -0.39 is 76.7 Å². The minimum Gasteiger partial charge on any atom is -0.617 e. The summed E-state index contributed by atoms with van der Waals surface area (Å²) in [7, 11) is 0. The van der Waals surface area contributed by atoms with Crippen molar-refractivity contribution >= 4 is 28.9 Å². The minimum atomic E-state index is -5.10. The molecule has 4 rings (SSSR count). The van der Waals surface area contributed by atoms with Crippen LogP contribution in [0.3, 0.4) is 0 Å². The maximum Gasteiger partial charge on any atom is 0.416 e. The van der Waals surface area contributed by atoms with Crippen molar-refractivity contribution < 1.29 is 53.6 Å². The molecule has 3 atom stereocenters. The molecule has 2 N–H and O–H groups in total. The van der Waals surface area contributed by atoms with Gasteiger partial charge in [-0.2, -0.15) is 39.5 Å². The SMILES string of the molecule is CCOC(=O)N1c2ccc(C(F)(F)F)cc2[C@@H](NC2=NNN(CC[S+](C)[O-])N2Cc2cc(C(F)(F)F)cc(C(F)(F)F)c2)C[C@H]1CC. The number of carbonyl (C=O) groups excluding carboxylic acids is 1. The van der Waals surface area contributed by atoms with Gasteiger partial charge in [0.25, 0.3) is 0 Å². The van der Waals surface area contributed by atoms with Gasteiger partial charge in [-0.15, -0.1) is 10.2 Å². The number of hydrazine groups is 2. The molecule has 9 nitrogen and oxygen atoms in total. The highest BCUT2D eigenvalue weighted by atomic mass is 32.2. The van der Waals surface area contributed by atoms with Crippen LogP contribution in [0.2, 0.25) is 0 Å². The molecule has 2 aromatic carbocycles. The first-order valence-electron chi connectivity index (χ1n) is 14.2. The number of anilines is 1. The molecular formula is C28H31F9N6O3S. The second-order valence-electron chi connectivity index (χ2n) is 10.7. The van der Waals surface area contributed by atoms with Gasteiger partial charge >= 0.3 is 24.6 Å². The van der Waals surface area contributed by atoms with Crippen molar-refractivity contribution in [2.24, 2.45) is 5.10 Å². The number of amides is 1. The number of fused-ring (bicyclic) bond motifs is 1. The number of hydrazone groups is 1. The zero-order valence-corrected chi connectivity index (χ0v) is 26.0. The Labute approximate surface area is 266 Å². The first-order valence-corrected chi connectivity index (χ1v) is 16.0. The van der Waals surface area contributed by atoms with Gasteiger partial charge in [-0.3, -0.25) is 9.91 Å². The molecule has 0 aromatic heterocycles. The Hall–Kier alpha value is -3.58. The Morgan fingerprint density at radius 2 is 1.62 bits per heavy atom. The molecule has 0 saturated heterocycles. The molecule has 0 spiro atoms. The lowest BCUT2D eigenvalue weighted by Crippen LogP contribution is -2.52. The van der Waals surface area contributed by atoms with Crippen molar-refractivity contribution in [1.82, 2.24) is 21.0 Å². The largest absolute Gasteiger partial charge is 0.617 e. The molecule has 1 amide bonds. The van der Waals surface area contributed by atoms with Gasteiger partial charge in [0.1, 0.15) is 5.75 Å². The van der Waals surface area contributed by atoms with E-state index in [1.807, 2.05) is 0 Å². The Morgan fingerprint density at radius 3 is 2.15 bits per heavy atom. The molecule has 0 fully saturated rings. The van der Waals surface area contributed by atoms with Gasteiger partial charge < -0.3 is 14.6 Å². The highest BCUT2D eigenvalue weighted by Crippen LogP contribution is 2.42. The van der Waals surface area contributed by atoms with Crippen molar-refractivity contribution in [2.45, 2.75) is 63.8 Å². The molecule has 19 heteroatoms. The van der Waals surface area contributed by atoms with Crippen molar-refractivity contribution in [3.05, 3.63) is 64.2 Å². The van der Waals surface area contributed by atoms with Crippen molar-refractivity contribution in [1.29, 1.82) is 0 Å². The monoisotopic (exact) mass is 702 g/mol. The van der Waals surface area contributed by atoms with Crippen LogP contribution in [0.15, 0.2) is 41.5 Å². The summed E-state index contributed by atoms with van der Waals surface area (Å²) in [5.74, 6) is -0.123. The maximum absolute atomic E-state index is 13.8. The number of alkyl halides is 9. The predicted octanol–water partition coefficient (Wildman–Crippen LogP) is 6.41. The number of rotatable bonds is 8. The van der Waals surface area contributed by atoms with Crippen molar-refractivity contribution in [2.75, 3.05) is 30.1 Å². The normalized spacial score (nSPS) is 19.6. The van der Waals surface area contributed by atoms with E-state index in [1.54, 1.807) is 13.8 Å². The van der Waals surface area contributed by atoms with E-state index in [-0.39, 0.29) is 48.6 Å². The third-order valence-electron chi connectivity index (χ3n) is 7.48. The van der Waals surface area contributed by atoms with Crippen LogP contribution in [0.4, 0.5) is 50.0 Å². The van der Waals surface area contributed by atoms with Gasteiger partial charge in [0.2, 0.25) is 5.96 Å². The molecule has 2 aromatic rings. The quantitative estimate of drug-likeness (QED) is 0.243. The van der Waals surface area contributed by atoms with E-state index in [4.69, 9.17) is 4.74 Å². The summed E-state index contributed by atoms with van der Waals surface area (Å²) in [5.41, 5.74) is -1.75. The summed E-state index contributed by atoms with van der Waals surface area (Å²) in [4.78, 5) is 14.2. The van der Waals surface area contributed by atoms with Crippen LogP contribution in [-0.2, 0) is 41.0 Å². The predicted molar refractivity (Wildman–Crippen MR) is 154 cm³/mol. The third-order valence-corrected chi connectivity index (χ3v) is 8.24. The summed E-state index contributed by atoms with van der Waals surface area (Å²) in [6.07, 6.45) is -13.9. The Balaban J connectivity index is 1.76. The Morgan fingerprint density at radius 1 is 1.00 bits per heavy atom. The number of benzene rings is 2. The Kier molecular flexibility index (Phi) is 10.7. The van der Waals surface area contributed by atoms with Gasteiger partial charge in [0.05, 0.1) is 54.4 Å². The number of halogens is 9. The number of ether oxygens (including phenoxy) is 1. The standard InChI is InChI=1S/C28H31F9N6O3S/c1-4-20-14-22(21-13-17(26(29,30)31)6-7-23(21)43(20)25(44)46-5-2)38-24-39-40-42(8-9-47(3)45)41(24)15-16-10-18(27(32,33)34)12-19(11-16)28(35,36)37/h6-7,10-13,20,22,40H,4-5,8-9,14-15H2,1-3H3,(H,38,39)/t20-,22+,47?/m1/s1. The van der Waals surface area contributed by atoms with E-state index in [9.17, 15) is 48.9 Å². The van der Waals surface area contributed by atoms with Crippen LogP contribution in [-0.4, -0.2) is 57.9 Å². The molecule has 2 aliphatic rings. The highest BCUT2D eigenvalue weighted by molar-refractivity contribution is 7.90. The summed E-state index contributed by atoms with van der Waals surface area (Å²) < 4.78 is 140. The minimum absolute atomic E-state index is 0.00479. The highest BCUT2D eigenvalue weighted by Gasteiger charge is 2.41. The van der Waals surface area contributed by atoms with Crippen LogP contribution < -0.4 is 15.8 Å². The Bertz CT molecular complexity index is 1440. The zero-order chi connectivity index (χ0) is 34.9. The van der Waals surface area contributed by atoms with E-state index in [0.29, 0.717) is 18.6 Å². The van der Waals surface area contributed by atoms with E-state index in [1.165, 1.54) is 21.3 Å². The lowest BCUT2D eigenvalue weighted by atomic mass is 9.89. The fourth-order valence-electron chi connectivity index (χ4n) is 5.28. The molecule has 0 bridgehead atoms. The van der Waals surface area contributed by atoms with E-state index in [2.05, 4.69) is 16.0 Å². The molecule has 0 aliphatic carbocycles. The van der Waals surface area contributed by atoms with Crippen LogP contribution in [0, 0.1) is 0 Å². The fraction of sp³-hybridized carbons (Fsp3) is 0.500. The van der Waals surface area contributed by atoms with Gasteiger partial charge in [-0.1, -0.05) is 18.1 Å². The number of hydrogen-bond acceptors (Lipinski definition) is 8. The van der Waals surface area contributed by atoms with Gasteiger partial charge in [-0.25, -0.2) is 10.3 Å². The lowest BCUT2D eigenvalue weighted by molar-refractivity contribution is -0.143. The number of hydrogen-bond donors (Lipinski definition) is 2. The topological polar surface area (TPSA) is 95.5 Å². The molecule has 0 saturated carbocycles. The molecule has 260 valence electrons. The second-order valence-corrected chi connectivity index (χ2v) is 12.3. The van der Waals surface area contributed by atoms with Crippen LogP contribution in [0.25, 0.3) is 0 Å². The average molecular weight is 703 g/mol. The number of nitrogens with one attached hydrogen (secondary N) is 2. The average Bonchev–Trinajstić information content (AvgIpc) is 3.34. The zero-order valence-electron chi connectivity index (χ0n) is 25.2. The molecular weight excluding hydrogens is 671 g/mol. The smallest absolute Gasteiger partial charge is 0.416 e. The van der Waals surface area contributed by atoms with Crippen molar-refractivity contribution in [3.63, 3.8) is 0 Å². The lowest BCUT2D eigenvalue weighted by Gasteiger charge is -2.41. The third kappa shape index (κ3) is 8.48. The summed E-state index contributed by atoms with van der Waals surface area (Å²) in [6.45, 7) is 2.67. The van der Waals surface area contributed by atoms with Gasteiger partial charge in [0, 0.05) is 6.04 Å². The fourth-order valence-corrected chi connectivity index (χ4v) is 5.71. The first-order chi connectivity index (χ1) is 21.8. The van der Waals surface area contributed by atoms with Gasteiger partial charge in [0.15, 0.2) is 0 Å². The first kappa shape index (κ1) is 36.3. The molecule has 2 heterocycles.